The summed E-state index contributed by atoms with van der Waals surface area (Å²) in [6, 6.07) is 14.6. The third kappa shape index (κ3) is 7.37. The van der Waals surface area contributed by atoms with Crippen molar-refractivity contribution in [3.05, 3.63) is 59.7 Å². The highest BCUT2D eigenvalue weighted by Gasteiger charge is 2.23. The van der Waals surface area contributed by atoms with E-state index in [9.17, 15) is 4.79 Å². The van der Waals surface area contributed by atoms with Gasteiger partial charge in [0.05, 0.1) is 24.9 Å². The summed E-state index contributed by atoms with van der Waals surface area (Å²) in [7, 11) is 1.63. The molecule has 0 saturated carbocycles. The van der Waals surface area contributed by atoms with Gasteiger partial charge in [-0.25, -0.2) is 4.79 Å². The number of carbonyl (C=O) groups excluding carboxylic acids is 1. The van der Waals surface area contributed by atoms with Crippen molar-refractivity contribution in [2.24, 2.45) is 5.92 Å². The van der Waals surface area contributed by atoms with E-state index < -0.39 is 0 Å². The first-order valence-corrected chi connectivity index (χ1v) is 11.3. The van der Waals surface area contributed by atoms with Crippen molar-refractivity contribution in [2.45, 2.75) is 51.6 Å². The van der Waals surface area contributed by atoms with Crippen LogP contribution in [0.15, 0.2) is 48.5 Å². The van der Waals surface area contributed by atoms with Crippen LogP contribution < -0.4 is 9.47 Å². The normalized spacial score (nSPS) is 18.5. The zero-order valence-corrected chi connectivity index (χ0v) is 18.7. The number of hydrogen-bond donors (Lipinski definition) is 0. The zero-order valence-electron chi connectivity index (χ0n) is 18.7. The van der Waals surface area contributed by atoms with Crippen molar-refractivity contribution in [1.29, 1.82) is 0 Å². The van der Waals surface area contributed by atoms with Gasteiger partial charge in [0.2, 0.25) is 0 Å². The highest BCUT2D eigenvalue weighted by molar-refractivity contribution is 5.91. The standard InChI is InChI=1S/C26H34O5/c1-3-4-5-6-20-7-16-25(30-19-20)21-8-10-22(11-9-21)26(27)31-24-14-12-23(13-15-24)29-18-17-28-2/h8-15,20,25H,3-7,16-19H2,1-2H3. The molecule has 0 aliphatic carbocycles. The maximum Gasteiger partial charge on any atom is 0.343 e. The highest BCUT2D eigenvalue weighted by Crippen LogP contribution is 2.33. The summed E-state index contributed by atoms with van der Waals surface area (Å²) in [6.45, 7) is 4.08. The van der Waals surface area contributed by atoms with Crippen LogP contribution in [-0.2, 0) is 9.47 Å². The Kier molecular flexibility index (Phi) is 9.38. The van der Waals surface area contributed by atoms with E-state index in [1.165, 1.54) is 32.1 Å². The Morgan fingerprint density at radius 2 is 1.71 bits per heavy atom. The Hall–Kier alpha value is -2.37. The Bertz CT molecular complexity index is 776. The second-order valence-electron chi connectivity index (χ2n) is 8.09. The van der Waals surface area contributed by atoms with Gasteiger partial charge in [0.1, 0.15) is 18.1 Å². The minimum absolute atomic E-state index is 0.123. The third-order valence-corrected chi connectivity index (χ3v) is 5.69. The van der Waals surface area contributed by atoms with Gasteiger partial charge < -0.3 is 18.9 Å². The summed E-state index contributed by atoms with van der Waals surface area (Å²) >= 11 is 0. The number of carbonyl (C=O) groups is 1. The molecule has 168 valence electrons. The van der Waals surface area contributed by atoms with E-state index in [-0.39, 0.29) is 12.1 Å². The van der Waals surface area contributed by atoms with Gasteiger partial charge in [-0.1, -0.05) is 38.3 Å². The molecule has 3 rings (SSSR count). The van der Waals surface area contributed by atoms with E-state index in [1.807, 2.05) is 24.3 Å². The van der Waals surface area contributed by atoms with Crippen molar-refractivity contribution in [2.75, 3.05) is 26.9 Å². The maximum atomic E-state index is 12.5. The van der Waals surface area contributed by atoms with Crippen LogP contribution in [0.5, 0.6) is 11.5 Å². The summed E-state index contributed by atoms with van der Waals surface area (Å²) in [6.07, 6.45) is 7.52. The Morgan fingerprint density at radius 3 is 2.35 bits per heavy atom. The molecule has 1 fully saturated rings. The van der Waals surface area contributed by atoms with Crippen LogP contribution in [0, 0.1) is 5.92 Å². The molecule has 0 bridgehead atoms. The molecular formula is C26H34O5. The molecule has 2 unspecified atom stereocenters. The van der Waals surface area contributed by atoms with Crippen LogP contribution in [0.25, 0.3) is 0 Å². The number of hydrogen-bond acceptors (Lipinski definition) is 5. The van der Waals surface area contributed by atoms with Gasteiger partial charge in [-0.15, -0.1) is 0 Å². The highest BCUT2D eigenvalue weighted by atomic mass is 16.5. The van der Waals surface area contributed by atoms with E-state index in [4.69, 9.17) is 18.9 Å². The topological polar surface area (TPSA) is 54.0 Å². The molecule has 1 aliphatic rings. The fourth-order valence-corrected chi connectivity index (χ4v) is 3.83. The van der Waals surface area contributed by atoms with Crippen LogP contribution in [0.3, 0.4) is 0 Å². The van der Waals surface area contributed by atoms with Gasteiger partial charge in [0.15, 0.2) is 0 Å². The average Bonchev–Trinajstić information content (AvgIpc) is 2.81. The van der Waals surface area contributed by atoms with Crippen molar-refractivity contribution in [1.82, 2.24) is 0 Å². The smallest absolute Gasteiger partial charge is 0.343 e. The van der Waals surface area contributed by atoms with Crippen LogP contribution in [-0.4, -0.2) is 32.9 Å². The van der Waals surface area contributed by atoms with Gasteiger partial charge in [-0.05, 0) is 67.1 Å². The predicted octanol–water partition coefficient (Wildman–Crippen LogP) is 5.98. The first kappa shape index (κ1) is 23.3. The molecule has 31 heavy (non-hydrogen) atoms. The second-order valence-corrected chi connectivity index (χ2v) is 8.09. The molecule has 0 N–H and O–H groups in total. The summed E-state index contributed by atoms with van der Waals surface area (Å²) < 4.78 is 22.1. The molecular weight excluding hydrogens is 392 g/mol. The number of benzene rings is 2. The fourth-order valence-electron chi connectivity index (χ4n) is 3.83. The van der Waals surface area contributed by atoms with Gasteiger partial charge in [0.25, 0.3) is 0 Å². The number of rotatable bonds is 11. The summed E-state index contributed by atoms with van der Waals surface area (Å²) in [4.78, 5) is 12.5. The molecule has 1 heterocycles. The molecule has 5 heteroatoms. The van der Waals surface area contributed by atoms with Crippen LogP contribution in [0.1, 0.15) is 67.5 Å². The lowest BCUT2D eigenvalue weighted by atomic mass is 9.91. The van der Waals surface area contributed by atoms with Crippen molar-refractivity contribution >= 4 is 5.97 Å². The summed E-state index contributed by atoms with van der Waals surface area (Å²) in [5.74, 6) is 1.51. The Morgan fingerprint density at radius 1 is 0.968 bits per heavy atom. The minimum atomic E-state index is -0.375. The SMILES string of the molecule is CCCCCC1CCC(c2ccc(C(=O)Oc3ccc(OCCOC)cc3)cc2)OC1. The third-order valence-electron chi connectivity index (χ3n) is 5.69. The summed E-state index contributed by atoms with van der Waals surface area (Å²) in [5.41, 5.74) is 1.65. The van der Waals surface area contributed by atoms with Gasteiger partial charge >= 0.3 is 5.97 Å². The first-order valence-electron chi connectivity index (χ1n) is 11.3. The van der Waals surface area contributed by atoms with Crippen molar-refractivity contribution in [3.8, 4) is 11.5 Å². The Labute approximate surface area is 185 Å². The molecule has 0 amide bonds. The fraction of sp³-hybridized carbons (Fsp3) is 0.500. The number of methoxy groups -OCH3 is 1. The number of ether oxygens (including phenoxy) is 4. The lowest BCUT2D eigenvalue weighted by Crippen LogP contribution is -2.20. The van der Waals surface area contributed by atoms with E-state index >= 15 is 0 Å². The zero-order chi connectivity index (χ0) is 21.9. The van der Waals surface area contributed by atoms with Gasteiger partial charge in [-0.2, -0.15) is 0 Å². The van der Waals surface area contributed by atoms with Crippen LogP contribution in [0.2, 0.25) is 0 Å². The molecule has 0 spiro atoms. The van der Waals surface area contributed by atoms with E-state index in [1.54, 1.807) is 31.4 Å². The number of unbranched alkanes of at least 4 members (excludes halogenated alkanes) is 2. The molecule has 1 aliphatic heterocycles. The van der Waals surface area contributed by atoms with Crippen LogP contribution >= 0.6 is 0 Å². The molecule has 5 nitrogen and oxygen atoms in total. The summed E-state index contributed by atoms with van der Waals surface area (Å²) in [5, 5.41) is 0. The van der Waals surface area contributed by atoms with E-state index in [2.05, 4.69) is 6.92 Å². The predicted molar refractivity (Wildman–Crippen MR) is 121 cm³/mol. The van der Waals surface area contributed by atoms with Gasteiger partial charge in [-0.3, -0.25) is 0 Å². The minimum Gasteiger partial charge on any atom is -0.491 e. The molecule has 0 radical (unpaired) electrons. The Balaban J connectivity index is 1.47. The molecule has 2 aromatic carbocycles. The van der Waals surface area contributed by atoms with Gasteiger partial charge in [0, 0.05) is 7.11 Å². The first-order chi connectivity index (χ1) is 15.2. The lowest BCUT2D eigenvalue weighted by molar-refractivity contribution is -0.0198. The van der Waals surface area contributed by atoms with Crippen LogP contribution in [0.4, 0.5) is 0 Å². The molecule has 0 aromatic heterocycles. The molecule has 2 atom stereocenters. The average molecular weight is 427 g/mol. The largest absolute Gasteiger partial charge is 0.491 e. The molecule has 1 saturated heterocycles. The second kappa shape index (κ2) is 12.5. The van der Waals surface area contributed by atoms with E-state index in [0.717, 1.165) is 18.6 Å². The van der Waals surface area contributed by atoms with Crippen molar-refractivity contribution in [3.63, 3.8) is 0 Å². The quantitative estimate of drug-likeness (QED) is 0.251. The maximum absolute atomic E-state index is 12.5. The van der Waals surface area contributed by atoms with Crippen molar-refractivity contribution < 1.29 is 23.7 Å². The monoisotopic (exact) mass is 426 g/mol. The number of esters is 1. The lowest BCUT2D eigenvalue weighted by Gasteiger charge is -2.29. The van der Waals surface area contributed by atoms with E-state index in [0.29, 0.717) is 36.2 Å². The molecule has 2 aromatic rings.